The highest BCUT2D eigenvalue weighted by molar-refractivity contribution is 5.97. The Kier molecular flexibility index (Phi) is 6.37. The number of ether oxygens (including phenoxy) is 1. The number of nitrogens with zero attached hydrogens (tertiary/aromatic N) is 1. The standard InChI is InChI=1S/C18H23N3O2.ClH/c1-12-15(18(22)23-2)16(13-8-4-3-5-9-13)21-17(20-12)14-10-6-7-11-19-14;/h6-7,10-11,13,16H,3-5,8-9H2,1-2H3,(H,20,21);1H. The van der Waals surface area contributed by atoms with Crippen LogP contribution in [-0.4, -0.2) is 29.9 Å². The second-order valence-corrected chi connectivity index (χ2v) is 6.27. The SMILES string of the molecule is COC(=O)C1=C(C)NC(c2ccccn2)=[NH+]C1C1CCCCC1.[Cl-]. The molecule has 1 fully saturated rings. The molecule has 1 aromatic heterocycles. The topological polar surface area (TPSA) is 65.2 Å². The number of carbonyl (C=O) groups is 1. The first-order valence-corrected chi connectivity index (χ1v) is 8.31. The average molecular weight is 350 g/mol. The van der Waals surface area contributed by atoms with Gasteiger partial charge in [-0.05, 0) is 31.9 Å². The fourth-order valence-electron chi connectivity index (χ4n) is 3.61. The molecule has 5 nitrogen and oxygen atoms in total. The monoisotopic (exact) mass is 349 g/mol. The molecule has 0 radical (unpaired) electrons. The van der Waals surface area contributed by atoms with E-state index in [1.54, 1.807) is 6.20 Å². The molecule has 6 heteroatoms. The van der Waals surface area contributed by atoms with Gasteiger partial charge in [0.05, 0.1) is 7.11 Å². The lowest BCUT2D eigenvalue weighted by atomic mass is 9.80. The Hall–Kier alpha value is -1.88. The van der Waals surface area contributed by atoms with Gasteiger partial charge in [-0.2, -0.15) is 0 Å². The molecule has 1 aliphatic heterocycles. The normalized spacial score (nSPS) is 21.4. The van der Waals surface area contributed by atoms with Crippen LogP contribution in [0.5, 0.6) is 0 Å². The van der Waals surface area contributed by atoms with Crippen molar-refractivity contribution < 1.29 is 26.9 Å². The van der Waals surface area contributed by atoms with E-state index in [9.17, 15) is 4.79 Å². The zero-order chi connectivity index (χ0) is 16.2. The molecule has 1 atom stereocenters. The third-order valence-electron chi connectivity index (χ3n) is 4.77. The molecule has 1 saturated carbocycles. The van der Waals surface area contributed by atoms with Crippen molar-refractivity contribution in [2.75, 3.05) is 7.11 Å². The number of aromatic nitrogens is 1. The van der Waals surface area contributed by atoms with E-state index in [0.717, 1.165) is 35.6 Å². The molecule has 0 saturated heterocycles. The van der Waals surface area contributed by atoms with Crippen molar-refractivity contribution in [3.8, 4) is 0 Å². The maximum absolute atomic E-state index is 12.3. The van der Waals surface area contributed by atoms with Crippen LogP contribution in [0.15, 0.2) is 35.7 Å². The maximum atomic E-state index is 12.3. The predicted molar refractivity (Wildman–Crippen MR) is 87.5 cm³/mol. The summed E-state index contributed by atoms with van der Waals surface area (Å²) >= 11 is 0. The number of hydrogen-bond acceptors (Lipinski definition) is 4. The minimum atomic E-state index is -0.252. The van der Waals surface area contributed by atoms with E-state index in [1.807, 2.05) is 25.1 Å². The molecule has 0 aromatic carbocycles. The summed E-state index contributed by atoms with van der Waals surface area (Å²) in [7, 11) is 1.44. The van der Waals surface area contributed by atoms with Gasteiger partial charge in [0.2, 0.25) is 0 Å². The number of hydrogen-bond donors (Lipinski definition) is 2. The maximum Gasteiger partial charge on any atom is 0.342 e. The fraction of sp³-hybridized carbons (Fsp3) is 0.500. The number of amidine groups is 1. The number of allylic oxidation sites excluding steroid dienone is 1. The molecule has 0 amide bonds. The van der Waals surface area contributed by atoms with Gasteiger partial charge in [0.25, 0.3) is 5.84 Å². The van der Waals surface area contributed by atoms with Crippen LogP contribution in [0, 0.1) is 5.92 Å². The van der Waals surface area contributed by atoms with Crippen LogP contribution in [0.25, 0.3) is 0 Å². The fourth-order valence-corrected chi connectivity index (χ4v) is 3.61. The minimum absolute atomic E-state index is 0. The number of halogens is 1. The zero-order valence-corrected chi connectivity index (χ0v) is 14.9. The van der Waals surface area contributed by atoms with Crippen molar-refractivity contribution in [2.24, 2.45) is 5.92 Å². The summed E-state index contributed by atoms with van der Waals surface area (Å²) in [6.45, 7) is 1.94. The Morgan fingerprint density at radius 3 is 2.67 bits per heavy atom. The van der Waals surface area contributed by atoms with Gasteiger partial charge < -0.3 is 17.1 Å². The number of rotatable bonds is 3. The molecule has 24 heavy (non-hydrogen) atoms. The highest BCUT2D eigenvalue weighted by Gasteiger charge is 2.39. The summed E-state index contributed by atoms with van der Waals surface area (Å²) in [6.07, 6.45) is 7.79. The lowest BCUT2D eigenvalue weighted by Crippen LogP contribution is -3.00. The van der Waals surface area contributed by atoms with Crippen molar-refractivity contribution in [3.05, 3.63) is 41.4 Å². The van der Waals surface area contributed by atoms with Crippen LogP contribution in [0.4, 0.5) is 0 Å². The highest BCUT2D eigenvalue weighted by Crippen LogP contribution is 2.29. The number of methoxy groups -OCH3 is 1. The molecule has 1 unspecified atom stereocenters. The third-order valence-corrected chi connectivity index (χ3v) is 4.77. The minimum Gasteiger partial charge on any atom is -1.00 e. The smallest absolute Gasteiger partial charge is 0.342 e. The van der Waals surface area contributed by atoms with E-state index in [1.165, 1.54) is 26.4 Å². The summed E-state index contributed by atoms with van der Waals surface area (Å²) in [5.41, 5.74) is 2.43. The van der Waals surface area contributed by atoms with Gasteiger partial charge in [0.15, 0.2) is 5.69 Å². The lowest BCUT2D eigenvalue weighted by molar-refractivity contribution is -0.506. The van der Waals surface area contributed by atoms with E-state index in [4.69, 9.17) is 4.74 Å². The van der Waals surface area contributed by atoms with E-state index in [0.29, 0.717) is 5.92 Å². The molecule has 0 spiro atoms. The van der Waals surface area contributed by atoms with Gasteiger partial charge in [-0.25, -0.2) is 15.1 Å². The summed E-state index contributed by atoms with van der Waals surface area (Å²) in [5, 5.41) is 3.29. The Morgan fingerprint density at radius 2 is 2.04 bits per heavy atom. The highest BCUT2D eigenvalue weighted by atomic mass is 35.5. The molecule has 2 heterocycles. The molecular weight excluding hydrogens is 326 g/mol. The summed E-state index contributed by atoms with van der Waals surface area (Å²) < 4.78 is 5.02. The lowest BCUT2D eigenvalue weighted by Gasteiger charge is -2.29. The van der Waals surface area contributed by atoms with E-state index in [2.05, 4.69) is 15.3 Å². The Bertz CT molecular complexity index is 637. The molecule has 1 aliphatic carbocycles. The number of carbonyl (C=O) groups excluding carboxylic acids is 1. The van der Waals surface area contributed by atoms with Gasteiger partial charge in [-0.1, -0.05) is 25.3 Å². The van der Waals surface area contributed by atoms with Gasteiger partial charge >= 0.3 is 5.97 Å². The zero-order valence-electron chi connectivity index (χ0n) is 14.1. The molecule has 2 N–H and O–H groups in total. The summed E-state index contributed by atoms with van der Waals surface area (Å²) in [4.78, 5) is 20.2. The first kappa shape index (κ1) is 18.5. The molecule has 0 bridgehead atoms. The van der Waals surface area contributed by atoms with Crippen LogP contribution in [0.1, 0.15) is 44.7 Å². The van der Waals surface area contributed by atoms with E-state index < -0.39 is 0 Å². The number of esters is 1. The first-order chi connectivity index (χ1) is 11.2. The summed E-state index contributed by atoms with van der Waals surface area (Å²) in [5.74, 6) is 1.07. The second kappa shape index (κ2) is 8.29. The third kappa shape index (κ3) is 3.78. The van der Waals surface area contributed by atoms with Gasteiger partial charge in [-0.15, -0.1) is 0 Å². The van der Waals surface area contributed by atoms with Crippen molar-refractivity contribution in [1.29, 1.82) is 0 Å². The van der Waals surface area contributed by atoms with Crippen LogP contribution in [-0.2, 0) is 9.53 Å². The summed E-state index contributed by atoms with van der Waals surface area (Å²) in [6, 6.07) is 5.81. The van der Waals surface area contributed by atoms with Crippen molar-refractivity contribution in [1.82, 2.24) is 10.3 Å². The van der Waals surface area contributed by atoms with E-state index in [-0.39, 0.29) is 24.4 Å². The second-order valence-electron chi connectivity index (χ2n) is 6.27. The molecule has 1 aromatic rings. The Balaban J connectivity index is 0.00000208. The number of pyridine rings is 1. The number of nitrogens with one attached hydrogen (secondary N) is 2. The van der Waals surface area contributed by atoms with Gasteiger partial charge in [0, 0.05) is 12.1 Å². The molecule has 2 aliphatic rings. The molecule has 3 rings (SSSR count). The van der Waals surface area contributed by atoms with Crippen molar-refractivity contribution >= 4 is 11.8 Å². The van der Waals surface area contributed by atoms with Crippen LogP contribution in [0.2, 0.25) is 0 Å². The molecular formula is C18H24ClN3O2. The van der Waals surface area contributed by atoms with Gasteiger partial charge in [0.1, 0.15) is 17.3 Å². The van der Waals surface area contributed by atoms with Crippen LogP contribution < -0.4 is 22.7 Å². The average Bonchev–Trinajstić information content (AvgIpc) is 2.62. The largest absolute Gasteiger partial charge is 1.00 e. The van der Waals surface area contributed by atoms with Gasteiger partial charge in [-0.3, -0.25) is 4.99 Å². The Labute approximate surface area is 149 Å². The van der Waals surface area contributed by atoms with Crippen molar-refractivity contribution in [2.45, 2.75) is 45.1 Å². The van der Waals surface area contributed by atoms with E-state index >= 15 is 0 Å². The Morgan fingerprint density at radius 1 is 1.29 bits per heavy atom. The van der Waals surface area contributed by atoms with Crippen LogP contribution >= 0.6 is 0 Å². The first-order valence-electron chi connectivity index (χ1n) is 8.31. The van der Waals surface area contributed by atoms with Crippen molar-refractivity contribution in [3.63, 3.8) is 0 Å². The predicted octanol–water partition coefficient (Wildman–Crippen LogP) is -2.09. The molecule has 130 valence electrons. The quantitative estimate of drug-likeness (QED) is 0.614. The van der Waals surface area contributed by atoms with Crippen LogP contribution in [0.3, 0.4) is 0 Å².